The second kappa shape index (κ2) is 9.45. The van der Waals surface area contributed by atoms with Crippen molar-refractivity contribution in [2.45, 2.75) is 6.61 Å². The zero-order valence-corrected chi connectivity index (χ0v) is 16.2. The number of halogens is 1. The van der Waals surface area contributed by atoms with E-state index < -0.39 is 0 Å². The van der Waals surface area contributed by atoms with Crippen LogP contribution >= 0.6 is 11.6 Å². The number of amides is 1. The predicted molar refractivity (Wildman–Crippen MR) is 113 cm³/mol. The standard InChI is InChI=1S/C23H18ClN3O2/c1-16(18-12-10-17(14-25)11-13-18)26-27-23(28)20-7-3-5-9-22(20)29-15-19-6-2-4-8-21(19)24/h2-13,26H,1,15H2,(H,27,28). The van der Waals surface area contributed by atoms with E-state index in [9.17, 15) is 4.79 Å². The normalized spacial score (nSPS) is 9.93. The highest BCUT2D eigenvalue weighted by molar-refractivity contribution is 6.31. The van der Waals surface area contributed by atoms with Gasteiger partial charge in [-0.05, 0) is 35.9 Å². The van der Waals surface area contributed by atoms with Crippen molar-refractivity contribution in [1.82, 2.24) is 10.9 Å². The molecule has 0 aliphatic heterocycles. The number of rotatable bonds is 7. The van der Waals surface area contributed by atoms with Crippen LogP contribution in [-0.2, 0) is 6.61 Å². The Hall–Kier alpha value is -3.75. The number of carbonyl (C=O) groups is 1. The lowest BCUT2D eigenvalue weighted by atomic mass is 10.1. The summed E-state index contributed by atoms with van der Waals surface area (Å²) in [5.41, 5.74) is 8.42. The Morgan fingerprint density at radius 1 is 1.00 bits per heavy atom. The van der Waals surface area contributed by atoms with Crippen molar-refractivity contribution in [3.63, 3.8) is 0 Å². The highest BCUT2D eigenvalue weighted by Gasteiger charge is 2.13. The van der Waals surface area contributed by atoms with Gasteiger partial charge in [-0.25, -0.2) is 0 Å². The summed E-state index contributed by atoms with van der Waals surface area (Å²) in [6.45, 7) is 4.14. The molecule has 0 spiro atoms. The van der Waals surface area contributed by atoms with Crippen LogP contribution in [0, 0.1) is 11.3 Å². The minimum Gasteiger partial charge on any atom is -0.488 e. The molecule has 144 valence electrons. The lowest BCUT2D eigenvalue weighted by Crippen LogP contribution is -2.36. The topological polar surface area (TPSA) is 74.2 Å². The molecule has 0 heterocycles. The molecule has 0 atom stereocenters. The van der Waals surface area contributed by atoms with Gasteiger partial charge in [0.05, 0.1) is 22.9 Å². The van der Waals surface area contributed by atoms with Gasteiger partial charge in [-0.15, -0.1) is 0 Å². The molecule has 5 nitrogen and oxygen atoms in total. The van der Waals surface area contributed by atoms with Gasteiger partial charge >= 0.3 is 0 Å². The van der Waals surface area contributed by atoms with Gasteiger partial charge < -0.3 is 4.74 Å². The second-order valence-corrected chi connectivity index (χ2v) is 6.53. The van der Waals surface area contributed by atoms with Crippen LogP contribution in [0.4, 0.5) is 0 Å². The van der Waals surface area contributed by atoms with Gasteiger partial charge in [-0.3, -0.25) is 15.6 Å². The van der Waals surface area contributed by atoms with Gasteiger partial charge in [0.1, 0.15) is 12.4 Å². The molecule has 0 saturated carbocycles. The number of hydrogen-bond acceptors (Lipinski definition) is 4. The number of carbonyl (C=O) groups excluding carboxylic acids is 1. The van der Waals surface area contributed by atoms with Crippen molar-refractivity contribution in [3.05, 3.63) is 107 Å². The van der Waals surface area contributed by atoms with E-state index in [0.29, 0.717) is 27.6 Å². The van der Waals surface area contributed by atoms with Crippen LogP contribution in [0.25, 0.3) is 5.70 Å². The fourth-order valence-corrected chi connectivity index (χ4v) is 2.76. The Labute approximate surface area is 174 Å². The van der Waals surface area contributed by atoms with Crippen molar-refractivity contribution in [2.24, 2.45) is 0 Å². The summed E-state index contributed by atoms with van der Waals surface area (Å²) in [6, 6.07) is 23.2. The zero-order chi connectivity index (χ0) is 20.6. The lowest BCUT2D eigenvalue weighted by Gasteiger charge is -2.14. The maximum atomic E-state index is 12.6. The smallest absolute Gasteiger partial charge is 0.273 e. The van der Waals surface area contributed by atoms with E-state index in [1.165, 1.54) is 0 Å². The molecule has 0 saturated heterocycles. The molecule has 1 amide bonds. The van der Waals surface area contributed by atoms with Crippen molar-refractivity contribution < 1.29 is 9.53 Å². The molecule has 3 aromatic rings. The summed E-state index contributed by atoms with van der Waals surface area (Å²) in [5.74, 6) is 0.0743. The van der Waals surface area contributed by atoms with Crippen LogP contribution in [0.2, 0.25) is 5.02 Å². The number of hydrazine groups is 1. The number of nitrogens with one attached hydrogen (secondary N) is 2. The highest BCUT2D eigenvalue weighted by Crippen LogP contribution is 2.22. The molecule has 0 aliphatic rings. The van der Waals surface area contributed by atoms with E-state index in [1.807, 2.05) is 18.2 Å². The van der Waals surface area contributed by atoms with Crippen molar-refractivity contribution in [3.8, 4) is 11.8 Å². The molecule has 0 aromatic heterocycles. The minimum atomic E-state index is -0.366. The zero-order valence-electron chi connectivity index (χ0n) is 15.5. The third-order valence-corrected chi connectivity index (χ3v) is 4.53. The van der Waals surface area contributed by atoms with Gasteiger partial charge in [0.15, 0.2) is 0 Å². The number of benzene rings is 3. The van der Waals surface area contributed by atoms with Gasteiger partial charge in [-0.2, -0.15) is 5.26 Å². The largest absolute Gasteiger partial charge is 0.488 e. The van der Waals surface area contributed by atoms with E-state index in [2.05, 4.69) is 23.5 Å². The van der Waals surface area contributed by atoms with Crippen LogP contribution in [-0.4, -0.2) is 5.91 Å². The molecular weight excluding hydrogens is 386 g/mol. The molecule has 3 aromatic carbocycles. The molecule has 2 N–H and O–H groups in total. The first-order valence-electron chi connectivity index (χ1n) is 8.79. The van der Waals surface area contributed by atoms with Crippen LogP contribution < -0.4 is 15.6 Å². The highest BCUT2D eigenvalue weighted by atomic mass is 35.5. The van der Waals surface area contributed by atoms with Crippen LogP contribution in [0.3, 0.4) is 0 Å². The number of nitriles is 1. The van der Waals surface area contributed by atoms with Gasteiger partial charge in [0.25, 0.3) is 5.91 Å². The summed E-state index contributed by atoms with van der Waals surface area (Å²) in [7, 11) is 0. The molecule has 0 radical (unpaired) electrons. The molecule has 29 heavy (non-hydrogen) atoms. The number of hydrogen-bond donors (Lipinski definition) is 2. The summed E-state index contributed by atoms with van der Waals surface area (Å²) in [6.07, 6.45) is 0. The molecule has 6 heteroatoms. The Kier molecular flexibility index (Phi) is 6.51. The first-order valence-corrected chi connectivity index (χ1v) is 9.17. The maximum Gasteiger partial charge on any atom is 0.273 e. The Bertz CT molecular complexity index is 1070. The van der Waals surface area contributed by atoms with E-state index in [1.54, 1.807) is 54.6 Å². The quantitative estimate of drug-likeness (QED) is 0.561. The minimum absolute atomic E-state index is 0.245. The number of nitrogens with zero attached hydrogens (tertiary/aromatic N) is 1. The summed E-state index contributed by atoms with van der Waals surface area (Å²) >= 11 is 6.16. The first-order chi connectivity index (χ1) is 14.1. The number of ether oxygens (including phenoxy) is 1. The van der Waals surface area contributed by atoms with E-state index >= 15 is 0 Å². The fourth-order valence-electron chi connectivity index (χ4n) is 2.57. The van der Waals surface area contributed by atoms with Gasteiger partial charge in [-0.1, -0.05) is 60.6 Å². The average Bonchev–Trinajstić information content (AvgIpc) is 2.77. The van der Waals surface area contributed by atoms with Crippen molar-refractivity contribution in [1.29, 1.82) is 5.26 Å². The average molecular weight is 404 g/mol. The molecule has 0 bridgehead atoms. The maximum absolute atomic E-state index is 12.6. The molecule has 3 rings (SSSR count). The number of para-hydroxylation sites is 1. The second-order valence-electron chi connectivity index (χ2n) is 6.12. The molecule has 0 fully saturated rings. The summed E-state index contributed by atoms with van der Waals surface area (Å²) in [5, 5.41) is 9.47. The summed E-state index contributed by atoms with van der Waals surface area (Å²) in [4.78, 5) is 12.6. The molecule has 0 unspecified atom stereocenters. The monoisotopic (exact) mass is 403 g/mol. The van der Waals surface area contributed by atoms with Gasteiger partial charge in [0, 0.05) is 10.6 Å². The molecular formula is C23H18ClN3O2. The third kappa shape index (κ3) is 5.16. The lowest BCUT2D eigenvalue weighted by molar-refractivity contribution is 0.0938. The first kappa shape index (κ1) is 20.0. The Morgan fingerprint density at radius 3 is 2.41 bits per heavy atom. The van der Waals surface area contributed by atoms with E-state index in [4.69, 9.17) is 21.6 Å². The van der Waals surface area contributed by atoms with Crippen molar-refractivity contribution in [2.75, 3.05) is 0 Å². The summed E-state index contributed by atoms with van der Waals surface area (Å²) < 4.78 is 5.82. The Morgan fingerprint density at radius 2 is 1.69 bits per heavy atom. The van der Waals surface area contributed by atoms with Crippen molar-refractivity contribution >= 4 is 23.2 Å². The third-order valence-electron chi connectivity index (χ3n) is 4.16. The predicted octanol–water partition coefficient (Wildman–Crippen LogP) is 4.70. The van der Waals surface area contributed by atoms with E-state index in [-0.39, 0.29) is 12.5 Å². The SMILES string of the molecule is C=C(NNC(=O)c1ccccc1OCc1ccccc1Cl)c1ccc(C#N)cc1. The van der Waals surface area contributed by atoms with Crippen LogP contribution in [0.15, 0.2) is 79.4 Å². The van der Waals surface area contributed by atoms with E-state index in [0.717, 1.165) is 11.1 Å². The van der Waals surface area contributed by atoms with Gasteiger partial charge in [0.2, 0.25) is 0 Å². The van der Waals surface area contributed by atoms with Crippen LogP contribution in [0.5, 0.6) is 5.75 Å². The fraction of sp³-hybridized carbons (Fsp3) is 0.0435. The molecule has 0 aliphatic carbocycles. The van der Waals surface area contributed by atoms with Crippen LogP contribution in [0.1, 0.15) is 27.0 Å². The Balaban J connectivity index is 1.64.